The van der Waals surface area contributed by atoms with Gasteiger partial charge in [0.1, 0.15) is 18.2 Å². The molecule has 0 spiro atoms. The number of nitrogens with zero attached hydrogens (tertiary/aromatic N) is 4. The molecule has 0 unspecified atom stereocenters. The molecule has 29 heavy (non-hydrogen) atoms. The Morgan fingerprint density at radius 2 is 2.21 bits per heavy atom. The van der Waals surface area contributed by atoms with Gasteiger partial charge in [-0.15, -0.1) is 0 Å². The number of aryl methyl sites for hydroxylation is 1. The minimum atomic E-state index is -0.628. The number of hydrazone groups is 1. The number of non-ortho nitro benzene ring substituents is 1. The fraction of sp³-hybridized carbons (Fsp3) is 0.222. The highest BCUT2D eigenvalue weighted by atomic mass is 35.5. The summed E-state index contributed by atoms with van der Waals surface area (Å²) in [5, 5.41) is 24.0. The Morgan fingerprint density at radius 3 is 2.83 bits per heavy atom. The van der Waals surface area contributed by atoms with Crippen LogP contribution in [0.3, 0.4) is 0 Å². The summed E-state index contributed by atoms with van der Waals surface area (Å²) < 4.78 is 6.12. The first-order valence-corrected chi connectivity index (χ1v) is 8.54. The predicted octanol–water partition coefficient (Wildman–Crippen LogP) is 1.89. The average molecular weight is 418 g/mol. The molecule has 150 valence electrons. The van der Waals surface area contributed by atoms with Gasteiger partial charge in [0.25, 0.3) is 17.2 Å². The van der Waals surface area contributed by atoms with Gasteiger partial charge in [-0.3, -0.25) is 19.7 Å². The number of amides is 1. The van der Waals surface area contributed by atoms with Crippen molar-refractivity contribution >= 4 is 29.4 Å². The molecule has 1 aromatic heterocycles. The third-order valence-electron chi connectivity index (χ3n) is 3.89. The van der Waals surface area contributed by atoms with Gasteiger partial charge in [-0.2, -0.15) is 10.4 Å². The van der Waals surface area contributed by atoms with Crippen LogP contribution in [0.4, 0.5) is 5.69 Å². The molecule has 10 nitrogen and oxygen atoms in total. The number of nitro benzene ring substituents is 1. The smallest absolute Gasteiger partial charge is 0.270 e. The Morgan fingerprint density at radius 1 is 1.48 bits per heavy atom. The number of nitriles is 1. The van der Waals surface area contributed by atoms with Crippen LogP contribution in [0, 0.1) is 28.4 Å². The lowest BCUT2D eigenvalue weighted by molar-refractivity contribution is -0.384. The second-order valence-electron chi connectivity index (χ2n) is 5.88. The first-order valence-electron chi connectivity index (χ1n) is 8.16. The van der Waals surface area contributed by atoms with Crippen LogP contribution in [0.5, 0.6) is 0 Å². The third-order valence-corrected chi connectivity index (χ3v) is 4.23. The summed E-state index contributed by atoms with van der Waals surface area (Å²) in [5.74, 6) is -0.628. The van der Waals surface area contributed by atoms with E-state index < -0.39 is 16.4 Å². The van der Waals surface area contributed by atoms with Crippen LogP contribution >= 0.6 is 11.6 Å². The Balaban J connectivity index is 2.17. The summed E-state index contributed by atoms with van der Waals surface area (Å²) in [4.78, 5) is 34.9. The highest BCUT2D eigenvalue weighted by Gasteiger charge is 2.15. The maximum Gasteiger partial charge on any atom is 0.270 e. The maximum atomic E-state index is 12.5. The van der Waals surface area contributed by atoms with E-state index in [1.54, 1.807) is 13.0 Å². The second kappa shape index (κ2) is 9.59. The van der Waals surface area contributed by atoms with E-state index in [0.29, 0.717) is 11.3 Å². The number of hydrogen-bond donors (Lipinski definition) is 1. The molecule has 0 saturated heterocycles. The topological polar surface area (TPSA) is 140 Å². The standard InChI is InChI=1S/C18H16ClN5O5/c1-11-5-13(10-29-2)15(7-20)18(26)23(11)9-17(25)22-21-8-12-6-14(24(27)28)3-4-16(12)19/h3-6,8H,9-10H2,1-2H3,(H,22,25)/b21-8-. The summed E-state index contributed by atoms with van der Waals surface area (Å²) in [6.07, 6.45) is 1.16. The number of pyridine rings is 1. The van der Waals surface area contributed by atoms with Crippen LogP contribution in [0.25, 0.3) is 0 Å². The first kappa shape index (κ1) is 21.7. The van der Waals surface area contributed by atoms with E-state index >= 15 is 0 Å². The summed E-state index contributed by atoms with van der Waals surface area (Å²) in [6, 6.07) is 7.23. The summed E-state index contributed by atoms with van der Waals surface area (Å²) in [5.41, 5.74) is 2.49. The normalized spacial score (nSPS) is 10.7. The van der Waals surface area contributed by atoms with E-state index in [1.807, 2.05) is 6.07 Å². The van der Waals surface area contributed by atoms with Gasteiger partial charge in [0.15, 0.2) is 0 Å². The van der Waals surface area contributed by atoms with E-state index in [-0.39, 0.29) is 35.0 Å². The molecule has 0 aliphatic carbocycles. The molecule has 0 aliphatic rings. The van der Waals surface area contributed by atoms with Crippen molar-refractivity contribution in [1.82, 2.24) is 9.99 Å². The molecule has 11 heteroatoms. The number of hydrogen-bond acceptors (Lipinski definition) is 7. The molecule has 1 amide bonds. The first-order chi connectivity index (χ1) is 13.8. The van der Waals surface area contributed by atoms with Gasteiger partial charge >= 0.3 is 0 Å². The van der Waals surface area contributed by atoms with Gasteiger partial charge in [0, 0.05) is 41.1 Å². The highest BCUT2D eigenvalue weighted by Crippen LogP contribution is 2.20. The molecule has 0 atom stereocenters. The van der Waals surface area contributed by atoms with Crippen molar-refractivity contribution in [3.05, 3.63) is 72.1 Å². The SMILES string of the molecule is COCc1cc(C)n(CC(=O)N/N=C\c2cc([N+](=O)[O-])ccc2Cl)c(=O)c1C#N. The lowest BCUT2D eigenvalue weighted by Gasteiger charge is -2.12. The predicted molar refractivity (Wildman–Crippen MR) is 105 cm³/mol. The van der Waals surface area contributed by atoms with Gasteiger partial charge in [-0.1, -0.05) is 11.6 Å². The molecule has 0 fully saturated rings. The van der Waals surface area contributed by atoms with E-state index in [2.05, 4.69) is 10.5 Å². The van der Waals surface area contributed by atoms with Gasteiger partial charge in [-0.05, 0) is 19.1 Å². The Hall–Kier alpha value is -3.55. The number of halogens is 1. The molecule has 0 aliphatic heterocycles. The lowest BCUT2D eigenvalue weighted by Crippen LogP contribution is -2.33. The number of methoxy groups -OCH3 is 1. The zero-order valence-electron chi connectivity index (χ0n) is 15.5. The minimum Gasteiger partial charge on any atom is -0.380 e. The van der Waals surface area contributed by atoms with Crippen molar-refractivity contribution < 1.29 is 14.5 Å². The van der Waals surface area contributed by atoms with E-state index in [1.165, 1.54) is 25.3 Å². The maximum absolute atomic E-state index is 12.5. The second-order valence-corrected chi connectivity index (χ2v) is 6.29. The van der Waals surface area contributed by atoms with Gasteiger partial charge in [0.2, 0.25) is 0 Å². The Kier molecular flexibility index (Phi) is 7.19. The Bertz CT molecular complexity index is 1090. The van der Waals surface area contributed by atoms with Crippen LogP contribution < -0.4 is 11.0 Å². The van der Waals surface area contributed by atoms with Crippen molar-refractivity contribution in [2.24, 2.45) is 5.10 Å². The van der Waals surface area contributed by atoms with Crippen LogP contribution in [0.2, 0.25) is 5.02 Å². The molecule has 1 heterocycles. The molecule has 2 aromatic rings. The lowest BCUT2D eigenvalue weighted by atomic mass is 10.1. The number of nitrogens with one attached hydrogen (secondary N) is 1. The van der Waals surface area contributed by atoms with Crippen molar-refractivity contribution in [1.29, 1.82) is 5.26 Å². The van der Waals surface area contributed by atoms with E-state index in [0.717, 1.165) is 10.8 Å². The highest BCUT2D eigenvalue weighted by molar-refractivity contribution is 6.33. The molecule has 2 rings (SSSR count). The fourth-order valence-electron chi connectivity index (χ4n) is 2.52. The number of aromatic nitrogens is 1. The van der Waals surface area contributed by atoms with Gasteiger partial charge in [-0.25, -0.2) is 5.43 Å². The molecular formula is C18H16ClN5O5. The van der Waals surface area contributed by atoms with Crippen LogP contribution in [-0.2, 0) is 22.7 Å². The Labute approximate surface area is 170 Å². The molecule has 0 saturated carbocycles. The van der Waals surface area contributed by atoms with Gasteiger partial charge in [0.05, 0.1) is 17.7 Å². The number of ether oxygens (including phenoxy) is 1. The number of rotatable bonds is 7. The van der Waals surface area contributed by atoms with Crippen molar-refractivity contribution in [2.75, 3.05) is 7.11 Å². The average Bonchev–Trinajstić information content (AvgIpc) is 2.67. The number of nitro groups is 1. The molecular weight excluding hydrogens is 402 g/mol. The molecule has 0 bridgehead atoms. The monoisotopic (exact) mass is 417 g/mol. The van der Waals surface area contributed by atoms with E-state index in [9.17, 15) is 25.0 Å². The van der Waals surface area contributed by atoms with Crippen LogP contribution in [0.15, 0.2) is 34.2 Å². The summed E-state index contributed by atoms with van der Waals surface area (Å²) in [7, 11) is 1.45. The molecule has 1 aromatic carbocycles. The summed E-state index contributed by atoms with van der Waals surface area (Å²) >= 11 is 5.95. The van der Waals surface area contributed by atoms with Crippen molar-refractivity contribution in [2.45, 2.75) is 20.1 Å². The van der Waals surface area contributed by atoms with Crippen LogP contribution in [0.1, 0.15) is 22.4 Å². The third kappa shape index (κ3) is 5.25. The number of benzene rings is 1. The largest absolute Gasteiger partial charge is 0.380 e. The van der Waals surface area contributed by atoms with E-state index in [4.69, 9.17) is 16.3 Å². The molecule has 0 radical (unpaired) electrons. The fourth-order valence-corrected chi connectivity index (χ4v) is 2.68. The summed E-state index contributed by atoms with van der Waals surface area (Å²) in [6.45, 7) is 1.36. The minimum absolute atomic E-state index is 0.0975. The zero-order chi connectivity index (χ0) is 21.6. The van der Waals surface area contributed by atoms with Crippen LogP contribution in [-0.4, -0.2) is 28.7 Å². The zero-order valence-corrected chi connectivity index (χ0v) is 16.3. The van der Waals surface area contributed by atoms with Crippen molar-refractivity contribution in [3.8, 4) is 6.07 Å². The number of carbonyl (C=O) groups excluding carboxylic acids is 1. The quantitative estimate of drug-likeness (QED) is 0.414. The van der Waals surface area contributed by atoms with Gasteiger partial charge < -0.3 is 9.30 Å². The number of carbonyl (C=O) groups is 1. The van der Waals surface area contributed by atoms with Crippen molar-refractivity contribution in [3.63, 3.8) is 0 Å². The molecule has 1 N–H and O–H groups in total.